The number of nitrogens with zero attached hydrogens (tertiary/aromatic N) is 4. The molecule has 11 rings (SSSR count). The second kappa shape index (κ2) is 19.9. The van der Waals surface area contributed by atoms with Gasteiger partial charge in [-0.2, -0.15) is 0 Å². The van der Waals surface area contributed by atoms with Crippen LogP contribution in [0.4, 0.5) is 0 Å². The molecule has 5 heteroatoms. The summed E-state index contributed by atoms with van der Waals surface area (Å²) in [7, 11) is 0. The van der Waals surface area contributed by atoms with Crippen molar-refractivity contribution in [3.05, 3.63) is 216 Å². The average molecular weight is 1060 g/mol. The Morgan fingerprint density at radius 3 is 1.49 bits per heavy atom. The molecule has 0 atom stereocenters. The second-order valence-electron chi connectivity index (χ2n) is 18.4. The molecule has 0 saturated heterocycles. The molecule has 0 fully saturated rings. The van der Waals surface area contributed by atoms with E-state index in [9.17, 15) is 0 Å². The predicted octanol–water partition coefficient (Wildman–Crippen LogP) is 16.0. The van der Waals surface area contributed by atoms with E-state index in [-0.39, 0.29) is 20.1 Å². The average Bonchev–Trinajstić information content (AvgIpc) is 3.86. The number of hydrogen-bond donors (Lipinski definition) is 0. The zero-order valence-electron chi connectivity index (χ0n) is 38.9. The summed E-state index contributed by atoms with van der Waals surface area (Å²) in [6.45, 7) is 4.59. The molecule has 7 aromatic carbocycles. The molecule has 2 aliphatic carbocycles. The molecule has 2 heterocycles. The van der Waals surface area contributed by atoms with Gasteiger partial charge in [0.1, 0.15) is 0 Å². The molecule has 0 aliphatic heterocycles. The number of benzene rings is 7. The molecule has 0 N–H and O–H groups in total. The molecular formula is C63H55IrN4-. The van der Waals surface area contributed by atoms with Crippen LogP contribution in [0.25, 0.3) is 78.8 Å². The van der Waals surface area contributed by atoms with Gasteiger partial charge in [0.25, 0.3) is 0 Å². The zero-order chi connectivity index (χ0) is 45.2. The molecule has 0 saturated carbocycles. The fourth-order valence-corrected chi connectivity index (χ4v) is 10.8. The van der Waals surface area contributed by atoms with Crippen molar-refractivity contribution >= 4 is 0 Å². The van der Waals surface area contributed by atoms with E-state index in [1.54, 1.807) is 0 Å². The first-order valence-electron chi connectivity index (χ1n) is 24.5. The summed E-state index contributed by atoms with van der Waals surface area (Å²) < 4.78 is 0. The summed E-state index contributed by atoms with van der Waals surface area (Å²) in [4.78, 5) is 19.9. The van der Waals surface area contributed by atoms with Gasteiger partial charge < -0.3 is 4.98 Å². The van der Waals surface area contributed by atoms with Crippen molar-refractivity contribution in [3.63, 3.8) is 0 Å². The van der Waals surface area contributed by atoms with Crippen LogP contribution in [0.1, 0.15) is 98.6 Å². The quantitative estimate of drug-likeness (QED) is 0.0758. The SMILES string of the molecule is CCCCCCc1cc(CCCCCC)cc(-c2ccc3c(c2)C2(c4ccccc4-c4ccccc42)c2cc(-c4ccc(-c5nc(-c6ccccc6)nc(-c6ccccc6)n5)cn4)[c-]cc2-3)c1.[Ir]. The van der Waals surface area contributed by atoms with Gasteiger partial charge in [0.05, 0.1) is 5.41 Å². The van der Waals surface area contributed by atoms with Gasteiger partial charge in [-0.25, -0.2) is 15.0 Å². The third kappa shape index (κ3) is 8.37. The standard InChI is InChI=1S/C63H55N4.Ir/c1-3-5-7-11-21-43-37-44(22-12-8-6-4-2)39-50(38-43)47-31-34-53-54-35-32-48(41-58(54)63(57(53)40-47)55-29-19-17-27-51(55)52-28-18-20-30-56(52)63)59-36-33-49(42-64-59)62-66-60(45-23-13-9-14-24-45)65-61(67-62)46-25-15-10-16-26-46;/h9-10,13-20,23-31,33-42H,3-8,11-12,21-22H2,1-2H3;/q-1;. The van der Waals surface area contributed by atoms with Gasteiger partial charge in [-0.05, 0) is 87.5 Å². The summed E-state index contributed by atoms with van der Waals surface area (Å²) in [6.07, 6.45) is 14.3. The number of hydrogen-bond acceptors (Lipinski definition) is 4. The maximum Gasteiger partial charge on any atom is 0.165 e. The number of aromatic nitrogens is 4. The Labute approximate surface area is 415 Å². The van der Waals surface area contributed by atoms with E-state index in [4.69, 9.17) is 19.9 Å². The molecule has 9 aromatic rings. The van der Waals surface area contributed by atoms with Gasteiger partial charge in [0.15, 0.2) is 17.5 Å². The van der Waals surface area contributed by atoms with Gasteiger partial charge in [-0.15, -0.1) is 29.3 Å². The zero-order valence-corrected chi connectivity index (χ0v) is 41.3. The van der Waals surface area contributed by atoms with Crippen LogP contribution in [0.3, 0.4) is 0 Å². The third-order valence-electron chi connectivity index (χ3n) is 14.0. The van der Waals surface area contributed by atoms with Crippen LogP contribution in [-0.2, 0) is 38.4 Å². The topological polar surface area (TPSA) is 51.6 Å². The molecule has 337 valence electrons. The second-order valence-corrected chi connectivity index (χ2v) is 18.4. The summed E-state index contributed by atoms with van der Waals surface area (Å²) in [5.41, 5.74) is 19.9. The summed E-state index contributed by atoms with van der Waals surface area (Å²) in [6, 6.07) is 65.5. The maximum absolute atomic E-state index is 5.11. The van der Waals surface area contributed by atoms with E-state index >= 15 is 0 Å². The van der Waals surface area contributed by atoms with E-state index in [2.05, 4.69) is 129 Å². The van der Waals surface area contributed by atoms with Gasteiger partial charge >= 0.3 is 0 Å². The first-order chi connectivity index (χ1) is 33.1. The van der Waals surface area contributed by atoms with Crippen LogP contribution in [-0.4, -0.2) is 19.9 Å². The van der Waals surface area contributed by atoms with Crippen molar-refractivity contribution in [2.45, 2.75) is 83.5 Å². The molecule has 0 amide bonds. The van der Waals surface area contributed by atoms with Crippen LogP contribution in [0.15, 0.2) is 176 Å². The number of rotatable bonds is 15. The van der Waals surface area contributed by atoms with E-state index in [1.807, 2.05) is 66.9 Å². The molecule has 68 heavy (non-hydrogen) atoms. The molecule has 2 aliphatic rings. The van der Waals surface area contributed by atoms with E-state index < -0.39 is 5.41 Å². The predicted molar refractivity (Wildman–Crippen MR) is 276 cm³/mol. The smallest absolute Gasteiger partial charge is 0.165 e. The third-order valence-corrected chi connectivity index (χ3v) is 14.0. The van der Waals surface area contributed by atoms with Crippen LogP contribution in [0.5, 0.6) is 0 Å². The van der Waals surface area contributed by atoms with Crippen LogP contribution in [0.2, 0.25) is 0 Å². The van der Waals surface area contributed by atoms with Crippen molar-refractivity contribution in [2.24, 2.45) is 0 Å². The first-order valence-corrected chi connectivity index (χ1v) is 24.5. The Balaban J connectivity index is 0.00000539. The van der Waals surface area contributed by atoms with Crippen LogP contribution in [0, 0.1) is 6.07 Å². The van der Waals surface area contributed by atoms with Crippen molar-refractivity contribution in [2.75, 3.05) is 0 Å². The number of fused-ring (bicyclic) bond motifs is 10. The summed E-state index contributed by atoms with van der Waals surface area (Å²) >= 11 is 0. The van der Waals surface area contributed by atoms with Crippen molar-refractivity contribution in [1.82, 2.24) is 19.9 Å². The Morgan fingerprint density at radius 1 is 0.412 bits per heavy atom. The summed E-state index contributed by atoms with van der Waals surface area (Å²) in [5.74, 6) is 1.84. The van der Waals surface area contributed by atoms with Gasteiger partial charge in [0.2, 0.25) is 0 Å². The number of aryl methyl sites for hydroxylation is 2. The molecule has 2 aromatic heterocycles. The minimum Gasteiger partial charge on any atom is -0.304 e. The van der Waals surface area contributed by atoms with Crippen LogP contribution < -0.4 is 0 Å². The van der Waals surface area contributed by atoms with Crippen molar-refractivity contribution in [3.8, 4) is 78.8 Å². The fraction of sp³-hybridized carbons (Fsp3) is 0.206. The van der Waals surface area contributed by atoms with E-state index in [1.165, 1.54) is 118 Å². The molecule has 1 spiro atoms. The largest absolute Gasteiger partial charge is 0.304 e. The minimum absolute atomic E-state index is 0. The van der Waals surface area contributed by atoms with E-state index in [0.717, 1.165) is 40.8 Å². The molecule has 0 bridgehead atoms. The van der Waals surface area contributed by atoms with Gasteiger partial charge in [0, 0.05) is 43.0 Å². The molecule has 1 radical (unpaired) electrons. The molecule has 4 nitrogen and oxygen atoms in total. The number of pyridine rings is 1. The molecular weight excluding hydrogens is 1000 g/mol. The number of unbranched alkanes of at least 4 members (excludes halogenated alkanes) is 6. The van der Waals surface area contributed by atoms with Crippen LogP contribution >= 0.6 is 0 Å². The Hall–Kier alpha value is -6.65. The van der Waals surface area contributed by atoms with Gasteiger partial charge in [-0.3, -0.25) is 0 Å². The first kappa shape index (κ1) is 45.1. The maximum atomic E-state index is 5.11. The Bertz CT molecular complexity index is 3080. The fourth-order valence-electron chi connectivity index (χ4n) is 10.8. The monoisotopic (exact) mass is 1060 g/mol. The normalized spacial score (nSPS) is 12.6. The van der Waals surface area contributed by atoms with Crippen molar-refractivity contribution in [1.29, 1.82) is 0 Å². The van der Waals surface area contributed by atoms with E-state index in [0.29, 0.717) is 17.5 Å². The minimum atomic E-state index is -0.509. The van der Waals surface area contributed by atoms with Crippen molar-refractivity contribution < 1.29 is 20.1 Å². The Kier molecular flexibility index (Phi) is 13.2. The van der Waals surface area contributed by atoms with Gasteiger partial charge in [-0.1, -0.05) is 215 Å². The summed E-state index contributed by atoms with van der Waals surface area (Å²) in [5, 5.41) is 0. The molecule has 0 unspecified atom stereocenters. The Morgan fingerprint density at radius 2 is 0.926 bits per heavy atom.